The van der Waals surface area contributed by atoms with Crippen LogP contribution in [-0.4, -0.2) is 7.11 Å². The van der Waals surface area contributed by atoms with Crippen molar-refractivity contribution in [3.8, 4) is 5.75 Å². The number of ether oxygens (including phenoxy) is 1. The van der Waals surface area contributed by atoms with Crippen LogP contribution in [0.3, 0.4) is 0 Å². The second kappa shape index (κ2) is 5.55. The fourth-order valence-electron chi connectivity index (χ4n) is 1.81. The first-order chi connectivity index (χ1) is 8.29. The van der Waals surface area contributed by atoms with Crippen molar-refractivity contribution in [1.82, 2.24) is 0 Å². The molecule has 1 atom stereocenters. The van der Waals surface area contributed by atoms with Gasteiger partial charge >= 0.3 is 0 Å². The van der Waals surface area contributed by atoms with Crippen LogP contribution in [0.4, 0.5) is 0 Å². The van der Waals surface area contributed by atoms with Crippen LogP contribution in [0.15, 0.2) is 47.1 Å². The lowest BCUT2D eigenvalue weighted by Crippen LogP contribution is -2.53. The van der Waals surface area contributed by atoms with Crippen molar-refractivity contribution in [2.45, 2.75) is 18.9 Å². The van der Waals surface area contributed by atoms with Crippen LogP contribution in [-0.2, 0) is 6.42 Å². The number of methoxy groups -OCH3 is 1. The fraction of sp³-hybridized carbons (Fsp3) is 0.286. The molecule has 1 unspecified atom stereocenters. The van der Waals surface area contributed by atoms with E-state index in [-0.39, 0.29) is 6.04 Å². The lowest BCUT2D eigenvalue weighted by atomic mass is 10.0. The Bertz CT molecular complexity index is 434. The van der Waals surface area contributed by atoms with Crippen molar-refractivity contribution in [2.24, 2.45) is 0 Å². The van der Waals surface area contributed by atoms with Gasteiger partial charge in [-0.05, 0) is 36.4 Å². The molecule has 2 aromatic rings. The van der Waals surface area contributed by atoms with Gasteiger partial charge < -0.3 is 14.9 Å². The van der Waals surface area contributed by atoms with Crippen LogP contribution in [0.5, 0.6) is 5.75 Å². The molecular formula is C14H18NO2+. The number of hydrogen-bond donors (Lipinski definition) is 1. The molecule has 0 amide bonds. The van der Waals surface area contributed by atoms with Crippen molar-refractivity contribution < 1.29 is 14.9 Å². The average molecular weight is 232 g/mol. The van der Waals surface area contributed by atoms with Gasteiger partial charge in [-0.15, -0.1) is 0 Å². The number of benzene rings is 1. The molecule has 0 aliphatic carbocycles. The van der Waals surface area contributed by atoms with E-state index in [1.54, 1.807) is 13.4 Å². The first kappa shape index (κ1) is 11.7. The Morgan fingerprint density at radius 3 is 2.59 bits per heavy atom. The third-order valence-corrected chi connectivity index (χ3v) is 2.91. The zero-order valence-corrected chi connectivity index (χ0v) is 10.1. The smallest absolute Gasteiger partial charge is 0.118 e. The molecule has 1 heterocycles. The maximum Gasteiger partial charge on any atom is 0.118 e. The Kier molecular flexibility index (Phi) is 3.83. The Labute approximate surface area is 101 Å². The highest BCUT2D eigenvalue weighted by Gasteiger charge is 2.10. The van der Waals surface area contributed by atoms with Crippen molar-refractivity contribution in [3.05, 3.63) is 54.0 Å². The van der Waals surface area contributed by atoms with E-state index in [9.17, 15) is 0 Å². The van der Waals surface area contributed by atoms with Crippen LogP contribution < -0.4 is 10.5 Å². The van der Waals surface area contributed by atoms with Crippen LogP contribution in [0.2, 0.25) is 0 Å². The SMILES string of the molecule is COc1ccc(C([NH3+])CCc2ccco2)cc1. The summed E-state index contributed by atoms with van der Waals surface area (Å²) in [5.74, 6) is 1.90. The molecule has 0 aliphatic rings. The van der Waals surface area contributed by atoms with Crippen LogP contribution >= 0.6 is 0 Å². The molecule has 0 saturated heterocycles. The topological polar surface area (TPSA) is 50.0 Å². The van der Waals surface area contributed by atoms with Crippen molar-refractivity contribution in [3.63, 3.8) is 0 Å². The van der Waals surface area contributed by atoms with Gasteiger partial charge in [-0.3, -0.25) is 0 Å². The fourth-order valence-corrected chi connectivity index (χ4v) is 1.81. The van der Waals surface area contributed by atoms with Crippen LogP contribution in [0, 0.1) is 0 Å². The minimum atomic E-state index is 0.283. The number of hydrogen-bond acceptors (Lipinski definition) is 2. The van der Waals surface area contributed by atoms with Gasteiger partial charge in [0.1, 0.15) is 17.6 Å². The average Bonchev–Trinajstić information content (AvgIpc) is 2.89. The van der Waals surface area contributed by atoms with E-state index in [1.807, 2.05) is 24.3 Å². The quantitative estimate of drug-likeness (QED) is 0.859. The highest BCUT2D eigenvalue weighted by Crippen LogP contribution is 2.18. The van der Waals surface area contributed by atoms with E-state index < -0.39 is 0 Å². The highest BCUT2D eigenvalue weighted by atomic mass is 16.5. The molecule has 0 bridgehead atoms. The maximum atomic E-state index is 5.31. The van der Waals surface area contributed by atoms with Crippen molar-refractivity contribution in [1.29, 1.82) is 0 Å². The van der Waals surface area contributed by atoms with Gasteiger partial charge in [-0.2, -0.15) is 0 Å². The van der Waals surface area contributed by atoms with Gasteiger partial charge in [0.15, 0.2) is 0 Å². The Hall–Kier alpha value is -1.74. The predicted molar refractivity (Wildman–Crippen MR) is 65.7 cm³/mol. The van der Waals surface area contributed by atoms with Crippen LogP contribution in [0.1, 0.15) is 23.8 Å². The summed E-state index contributed by atoms with van der Waals surface area (Å²) in [5.41, 5.74) is 5.41. The molecule has 1 aromatic heterocycles. The van der Waals surface area contributed by atoms with Gasteiger partial charge in [0.25, 0.3) is 0 Å². The molecule has 0 fully saturated rings. The molecule has 1 aromatic carbocycles. The number of rotatable bonds is 5. The van der Waals surface area contributed by atoms with Gasteiger partial charge in [0.2, 0.25) is 0 Å². The molecule has 0 saturated carbocycles. The molecule has 3 heteroatoms. The summed E-state index contributed by atoms with van der Waals surface area (Å²) < 4.78 is 10.4. The van der Waals surface area contributed by atoms with E-state index in [4.69, 9.17) is 9.15 Å². The second-order valence-electron chi connectivity index (χ2n) is 4.09. The van der Waals surface area contributed by atoms with Gasteiger partial charge in [-0.1, -0.05) is 0 Å². The van der Waals surface area contributed by atoms with E-state index in [0.717, 1.165) is 24.4 Å². The number of quaternary nitrogens is 1. The van der Waals surface area contributed by atoms with Gasteiger partial charge in [-0.25, -0.2) is 0 Å². The summed E-state index contributed by atoms with van der Waals surface area (Å²) in [6, 6.07) is 12.3. The minimum Gasteiger partial charge on any atom is -0.497 e. The zero-order valence-electron chi connectivity index (χ0n) is 10.1. The summed E-state index contributed by atoms with van der Waals surface area (Å²) in [5, 5.41) is 0. The largest absolute Gasteiger partial charge is 0.497 e. The molecule has 0 spiro atoms. The second-order valence-corrected chi connectivity index (χ2v) is 4.09. The molecular weight excluding hydrogens is 214 g/mol. The molecule has 3 nitrogen and oxygen atoms in total. The minimum absolute atomic E-state index is 0.283. The van der Waals surface area contributed by atoms with E-state index in [1.165, 1.54) is 5.56 Å². The van der Waals surface area contributed by atoms with Crippen molar-refractivity contribution >= 4 is 0 Å². The lowest BCUT2D eigenvalue weighted by Gasteiger charge is -2.08. The summed E-state index contributed by atoms with van der Waals surface area (Å²) in [6.07, 6.45) is 3.62. The molecule has 3 N–H and O–H groups in total. The summed E-state index contributed by atoms with van der Waals surface area (Å²) in [4.78, 5) is 0. The molecule has 0 aliphatic heterocycles. The van der Waals surface area contributed by atoms with Crippen molar-refractivity contribution in [2.75, 3.05) is 7.11 Å². The number of aryl methyl sites for hydroxylation is 1. The van der Waals surface area contributed by atoms with Crippen LogP contribution in [0.25, 0.3) is 0 Å². The first-order valence-corrected chi connectivity index (χ1v) is 5.79. The summed E-state index contributed by atoms with van der Waals surface area (Å²) in [7, 11) is 1.67. The van der Waals surface area contributed by atoms with Gasteiger partial charge in [0.05, 0.1) is 13.4 Å². The first-order valence-electron chi connectivity index (χ1n) is 5.79. The third kappa shape index (κ3) is 3.11. The maximum absolute atomic E-state index is 5.31. The monoisotopic (exact) mass is 232 g/mol. The van der Waals surface area contributed by atoms with E-state index >= 15 is 0 Å². The zero-order chi connectivity index (χ0) is 12.1. The normalized spacial score (nSPS) is 12.4. The molecule has 17 heavy (non-hydrogen) atoms. The Balaban J connectivity index is 1.92. The Morgan fingerprint density at radius 2 is 2.00 bits per heavy atom. The highest BCUT2D eigenvalue weighted by molar-refractivity contribution is 5.28. The summed E-state index contributed by atoms with van der Waals surface area (Å²) >= 11 is 0. The third-order valence-electron chi connectivity index (χ3n) is 2.91. The molecule has 2 rings (SSSR count). The molecule has 90 valence electrons. The molecule has 0 radical (unpaired) electrons. The number of furan rings is 1. The van der Waals surface area contributed by atoms with Gasteiger partial charge in [0, 0.05) is 18.4 Å². The Morgan fingerprint density at radius 1 is 1.24 bits per heavy atom. The van der Waals surface area contributed by atoms with E-state index in [2.05, 4.69) is 17.9 Å². The van der Waals surface area contributed by atoms with E-state index in [0.29, 0.717) is 0 Å². The standard InChI is InChI=1S/C14H17NO2/c1-16-12-6-4-11(5-7-12)14(15)9-8-13-3-2-10-17-13/h2-7,10,14H,8-9,15H2,1H3/p+1. The summed E-state index contributed by atoms with van der Waals surface area (Å²) in [6.45, 7) is 0. The predicted octanol–water partition coefficient (Wildman–Crippen LogP) is 2.20. The lowest BCUT2D eigenvalue weighted by molar-refractivity contribution is -0.428.